The van der Waals surface area contributed by atoms with Crippen LogP contribution in [0.3, 0.4) is 0 Å². The molecular formula is C8H14ClN3O2S. The second-order valence-corrected chi connectivity index (χ2v) is 3.70. The largest absolute Gasteiger partial charge is 0.383 e. The fourth-order valence-electron chi connectivity index (χ4n) is 0.865. The zero-order valence-electron chi connectivity index (χ0n) is 8.52. The lowest BCUT2D eigenvalue weighted by Crippen LogP contribution is -2.39. The first-order valence-corrected chi connectivity index (χ1v) is 4.99. The van der Waals surface area contributed by atoms with Crippen molar-refractivity contribution in [3.63, 3.8) is 0 Å². The van der Waals surface area contributed by atoms with Crippen molar-refractivity contribution >= 4 is 34.8 Å². The Bertz CT molecular complexity index is 319. The summed E-state index contributed by atoms with van der Waals surface area (Å²) >= 11 is 1.37. The summed E-state index contributed by atoms with van der Waals surface area (Å²) in [4.78, 5) is 15.4. The van der Waals surface area contributed by atoms with Crippen LogP contribution in [-0.2, 0) is 9.53 Å². The molecule has 1 aromatic heterocycles. The van der Waals surface area contributed by atoms with E-state index in [1.165, 1.54) is 18.4 Å². The summed E-state index contributed by atoms with van der Waals surface area (Å²) in [5, 5.41) is 5.04. The van der Waals surface area contributed by atoms with Crippen molar-refractivity contribution in [1.82, 2.24) is 4.98 Å². The lowest BCUT2D eigenvalue weighted by molar-refractivity contribution is -0.118. The number of anilines is 1. The minimum atomic E-state index is -0.649. The van der Waals surface area contributed by atoms with E-state index in [-0.39, 0.29) is 24.9 Å². The number of nitrogens with two attached hydrogens (primary N) is 1. The van der Waals surface area contributed by atoms with E-state index in [1.807, 2.05) is 12.3 Å². The van der Waals surface area contributed by atoms with Crippen LogP contribution in [0.5, 0.6) is 0 Å². The van der Waals surface area contributed by atoms with Crippen molar-refractivity contribution in [3.05, 3.63) is 11.1 Å². The zero-order chi connectivity index (χ0) is 10.6. The molecule has 1 rings (SSSR count). The molecule has 0 bridgehead atoms. The number of thiazole rings is 1. The topological polar surface area (TPSA) is 77.2 Å². The first kappa shape index (κ1) is 14.3. The molecule has 15 heavy (non-hydrogen) atoms. The van der Waals surface area contributed by atoms with Gasteiger partial charge in [0.05, 0.1) is 12.3 Å². The molecule has 0 saturated heterocycles. The normalized spacial score (nSPS) is 11.7. The van der Waals surface area contributed by atoms with Crippen LogP contribution in [0.4, 0.5) is 5.13 Å². The lowest BCUT2D eigenvalue weighted by Gasteiger charge is -2.08. The van der Waals surface area contributed by atoms with Gasteiger partial charge in [0, 0.05) is 12.5 Å². The van der Waals surface area contributed by atoms with Gasteiger partial charge in [0.2, 0.25) is 5.91 Å². The molecule has 0 saturated carbocycles. The number of nitrogens with one attached hydrogen (secondary N) is 1. The van der Waals surface area contributed by atoms with Crippen LogP contribution in [-0.4, -0.2) is 30.6 Å². The van der Waals surface area contributed by atoms with E-state index in [0.717, 1.165) is 5.69 Å². The number of hydrogen-bond donors (Lipinski definition) is 2. The highest BCUT2D eigenvalue weighted by Crippen LogP contribution is 2.14. The van der Waals surface area contributed by atoms with E-state index in [1.54, 1.807) is 0 Å². The summed E-state index contributed by atoms with van der Waals surface area (Å²) in [5.74, 6) is -0.277. The molecule has 1 heterocycles. The van der Waals surface area contributed by atoms with Crippen molar-refractivity contribution < 1.29 is 9.53 Å². The Kier molecular flexibility index (Phi) is 6.42. The van der Waals surface area contributed by atoms with Crippen LogP contribution in [0.25, 0.3) is 0 Å². The average molecular weight is 252 g/mol. The Morgan fingerprint density at radius 1 is 1.80 bits per heavy atom. The number of hydrogen-bond acceptors (Lipinski definition) is 5. The van der Waals surface area contributed by atoms with Crippen LogP contribution < -0.4 is 11.1 Å². The number of aromatic nitrogens is 1. The number of methoxy groups -OCH3 is 1. The molecule has 0 spiro atoms. The van der Waals surface area contributed by atoms with Gasteiger partial charge in [0.25, 0.3) is 0 Å². The van der Waals surface area contributed by atoms with Gasteiger partial charge < -0.3 is 15.8 Å². The van der Waals surface area contributed by atoms with Gasteiger partial charge in [-0.15, -0.1) is 23.7 Å². The third kappa shape index (κ3) is 4.57. The Labute approximate surface area is 98.4 Å². The maximum Gasteiger partial charge on any atom is 0.245 e. The highest BCUT2D eigenvalue weighted by molar-refractivity contribution is 7.13. The molecule has 0 radical (unpaired) electrons. The van der Waals surface area contributed by atoms with Gasteiger partial charge in [-0.3, -0.25) is 4.79 Å². The first-order valence-electron chi connectivity index (χ1n) is 4.11. The first-order chi connectivity index (χ1) is 6.63. The highest BCUT2D eigenvalue weighted by Gasteiger charge is 2.14. The Hall–Kier alpha value is -0.690. The van der Waals surface area contributed by atoms with Crippen LogP contribution in [0.2, 0.25) is 0 Å². The van der Waals surface area contributed by atoms with Crippen LogP contribution in [0.1, 0.15) is 5.69 Å². The second kappa shape index (κ2) is 6.73. The quantitative estimate of drug-likeness (QED) is 0.829. The van der Waals surface area contributed by atoms with Crippen molar-refractivity contribution in [2.24, 2.45) is 5.73 Å². The third-order valence-corrected chi connectivity index (χ3v) is 2.41. The number of halogens is 1. The fraction of sp³-hybridized carbons (Fsp3) is 0.500. The minimum Gasteiger partial charge on any atom is -0.383 e. The van der Waals surface area contributed by atoms with Gasteiger partial charge in [-0.05, 0) is 6.92 Å². The van der Waals surface area contributed by atoms with Crippen molar-refractivity contribution in [1.29, 1.82) is 0 Å². The van der Waals surface area contributed by atoms with E-state index in [4.69, 9.17) is 10.5 Å². The van der Waals surface area contributed by atoms with Gasteiger partial charge in [-0.1, -0.05) is 0 Å². The fourth-order valence-corrected chi connectivity index (χ4v) is 1.56. The number of carbonyl (C=O) groups is 1. The number of carbonyl (C=O) groups excluding carboxylic acids is 1. The molecule has 86 valence electrons. The molecule has 1 aromatic rings. The van der Waals surface area contributed by atoms with Gasteiger partial charge >= 0.3 is 0 Å². The van der Waals surface area contributed by atoms with Crippen molar-refractivity contribution in [3.8, 4) is 0 Å². The predicted molar refractivity (Wildman–Crippen MR) is 62.6 cm³/mol. The summed E-state index contributed by atoms with van der Waals surface area (Å²) < 4.78 is 4.76. The van der Waals surface area contributed by atoms with Crippen LogP contribution >= 0.6 is 23.7 Å². The molecule has 0 aliphatic carbocycles. The van der Waals surface area contributed by atoms with Crippen molar-refractivity contribution in [2.75, 3.05) is 19.0 Å². The SMILES string of the molecule is COCC(N)C(=O)Nc1nc(C)cs1.Cl. The molecule has 0 aliphatic heterocycles. The van der Waals surface area contributed by atoms with E-state index in [0.29, 0.717) is 5.13 Å². The van der Waals surface area contributed by atoms with E-state index < -0.39 is 6.04 Å². The molecule has 0 aliphatic rings. The van der Waals surface area contributed by atoms with Gasteiger partial charge in [0.1, 0.15) is 6.04 Å². The lowest BCUT2D eigenvalue weighted by atomic mass is 10.3. The summed E-state index contributed by atoms with van der Waals surface area (Å²) in [6.45, 7) is 2.07. The van der Waals surface area contributed by atoms with Gasteiger partial charge in [-0.2, -0.15) is 0 Å². The standard InChI is InChI=1S/C8H13N3O2S.ClH/c1-5-4-14-8(10-5)11-7(12)6(9)3-13-2;/h4,6H,3,9H2,1-2H3,(H,10,11,12);1H. The van der Waals surface area contributed by atoms with Crippen LogP contribution in [0.15, 0.2) is 5.38 Å². The minimum absolute atomic E-state index is 0. The Morgan fingerprint density at radius 3 is 2.93 bits per heavy atom. The number of nitrogens with zero attached hydrogens (tertiary/aromatic N) is 1. The number of aryl methyl sites for hydroxylation is 1. The predicted octanol–water partition coefficient (Wildman–Crippen LogP) is 0.786. The number of amides is 1. The molecule has 0 aromatic carbocycles. The maximum atomic E-state index is 11.4. The number of rotatable bonds is 4. The molecule has 1 amide bonds. The zero-order valence-corrected chi connectivity index (χ0v) is 10.2. The highest BCUT2D eigenvalue weighted by atomic mass is 35.5. The monoisotopic (exact) mass is 251 g/mol. The third-order valence-electron chi connectivity index (χ3n) is 1.53. The molecule has 7 heteroatoms. The summed E-state index contributed by atoms with van der Waals surface area (Å²) in [6, 6.07) is -0.649. The smallest absolute Gasteiger partial charge is 0.245 e. The average Bonchev–Trinajstić information content (AvgIpc) is 2.51. The van der Waals surface area contributed by atoms with Gasteiger partial charge in [0.15, 0.2) is 5.13 Å². The Balaban J connectivity index is 0.00000196. The molecule has 1 atom stereocenters. The van der Waals surface area contributed by atoms with Crippen LogP contribution in [0, 0.1) is 6.92 Å². The number of ether oxygens (including phenoxy) is 1. The Morgan fingerprint density at radius 2 is 2.47 bits per heavy atom. The molecule has 0 fully saturated rings. The van der Waals surface area contributed by atoms with Crippen molar-refractivity contribution in [2.45, 2.75) is 13.0 Å². The van der Waals surface area contributed by atoms with E-state index in [9.17, 15) is 4.79 Å². The van der Waals surface area contributed by atoms with Gasteiger partial charge in [-0.25, -0.2) is 4.98 Å². The summed E-state index contributed by atoms with van der Waals surface area (Å²) in [7, 11) is 1.50. The molecular weight excluding hydrogens is 238 g/mol. The summed E-state index contributed by atoms with van der Waals surface area (Å²) in [6.07, 6.45) is 0. The molecule has 1 unspecified atom stereocenters. The summed E-state index contributed by atoms with van der Waals surface area (Å²) in [5.41, 5.74) is 6.40. The molecule has 3 N–H and O–H groups in total. The maximum absolute atomic E-state index is 11.4. The van der Waals surface area contributed by atoms with E-state index >= 15 is 0 Å². The second-order valence-electron chi connectivity index (χ2n) is 2.85. The molecule has 5 nitrogen and oxygen atoms in total. The van der Waals surface area contributed by atoms with E-state index in [2.05, 4.69) is 10.3 Å².